The van der Waals surface area contributed by atoms with Crippen LogP contribution in [0.1, 0.15) is 18.4 Å². The Morgan fingerprint density at radius 2 is 1.93 bits per heavy atom. The first-order valence-corrected chi connectivity index (χ1v) is 4.26. The number of hydrogen-bond acceptors (Lipinski definition) is 4. The van der Waals surface area contributed by atoms with Crippen LogP contribution >= 0.6 is 0 Å². The highest BCUT2D eigenvalue weighted by molar-refractivity contribution is 5.97. The van der Waals surface area contributed by atoms with Crippen molar-refractivity contribution in [1.82, 2.24) is 0 Å². The maximum atomic E-state index is 11.0. The van der Waals surface area contributed by atoms with E-state index in [1.54, 1.807) is 0 Å². The van der Waals surface area contributed by atoms with Crippen LogP contribution in [-0.4, -0.2) is 17.0 Å². The molecule has 0 bridgehead atoms. The number of carbonyl (C=O) groups is 2. The smallest absolute Gasteiger partial charge is 0.269 e. The molecule has 0 aliphatic rings. The van der Waals surface area contributed by atoms with Gasteiger partial charge in [0.2, 0.25) is 0 Å². The Balaban J connectivity index is 3.02. The minimum atomic E-state index is -0.828. The molecule has 78 valence electrons. The monoisotopic (exact) mass is 207 g/mol. The zero-order valence-electron chi connectivity index (χ0n) is 8.04. The number of nitrogens with zero attached hydrogens (tertiary/aromatic N) is 1. The molecule has 0 aromatic heterocycles. The lowest BCUT2D eigenvalue weighted by Gasteiger charge is -2.05. The highest BCUT2D eigenvalue weighted by atomic mass is 16.6. The van der Waals surface area contributed by atoms with Crippen molar-refractivity contribution in [2.24, 2.45) is 0 Å². The van der Waals surface area contributed by atoms with Crippen LogP contribution in [0.5, 0.6) is 0 Å². The van der Waals surface area contributed by atoms with E-state index < -0.39 is 10.8 Å². The first-order valence-electron chi connectivity index (χ1n) is 4.26. The summed E-state index contributed by atoms with van der Waals surface area (Å²) in [6, 6.07) is 5.38. The highest BCUT2D eigenvalue weighted by Gasteiger charge is 2.16. The van der Waals surface area contributed by atoms with E-state index in [1.807, 2.05) is 0 Å². The Morgan fingerprint density at radius 1 is 1.40 bits per heavy atom. The maximum absolute atomic E-state index is 11.0. The molecule has 5 heteroatoms. The number of carbonyl (C=O) groups excluding carboxylic acids is 2. The van der Waals surface area contributed by atoms with Gasteiger partial charge in [-0.1, -0.05) is 12.1 Å². The molecule has 1 aromatic carbocycles. The van der Waals surface area contributed by atoms with Crippen molar-refractivity contribution in [1.29, 1.82) is 0 Å². The quantitative estimate of drug-likeness (QED) is 0.324. The van der Waals surface area contributed by atoms with Crippen molar-refractivity contribution in [2.75, 3.05) is 0 Å². The molecule has 0 aliphatic heterocycles. The molecule has 15 heavy (non-hydrogen) atoms. The predicted molar refractivity (Wildman–Crippen MR) is 52.6 cm³/mol. The second kappa shape index (κ2) is 4.45. The van der Waals surface area contributed by atoms with Gasteiger partial charge in [0.15, 0.2) is 0 Å². The molecule has 1 unspecified atom stereocenters. The van der Waals surface area contributed by atoms with E-state index in [9.17, 15) is 19.7 Å². The third-order valence-electron chi connectivity index (χ3n) is 2.04. The van der Waals surface area contributed by atoms with Crippen LogP contribution in [0.25, 0.3) is 0 Å². The Kier molecular flexibility index (Phi) is 3.28. The van der Waals surface area contributed by atoms with Gasteiger partial charge in [0, 0.05) is 12.1 Å². The van der Waals surface area contributed by atoms with E-state index in [0.29, 0.717) is 11.8 Å². The molecule has 0 N–H and O–H groups in total. The van der Waals surface area contributed by atoms with Crippen LogP contribution in [0.4, 0.5) is 5.69 Å². The summed E-state index contributed by atoms with van der Waals surface area (Å²) in [4.78, 5) is 31.5. The van der Waals surface area contributed by atoms with Crippen LogP contribution in [0.2, 0.25) is 0 Å². The van der Waals surface area contributed by atoms with E-state index in [1.165, 1.54) is 31.2 Å². The molecular weight excluding hydrogens is 198 g/mol. The van der Waals surface area contributed by atoms with Gasteiger partial charge in [0.1, 0.15) is 12.1 Å². The number of non-ortho nitro benzene ring substituents is 1. The zero-order chi connectivity index (χ0) is 11.4. The van der Waals surface area contributed by atoms with Crippen LogP contribution in [0, 0.1) is 10.1 Å². The van der Waals surface area contributed by atoms with Crippen molar-refractivity contribution in [3.05, 3.63) is 39.9 Å². The Labute approximate surface area is 85.9 Å². The topological polar surface area (TPSA) is 77.3 Å². The predicted octanol–water partition coefficient (Wildman–Crippen LogP) is 1.47. The fraction of sp³-hybridized carbons (Fsp3) is 0.200. The number of rotatable bonds is 4. The van der Waals surface area contributed by atoms with Crippen molar-refractivity contribution in [2.45, 2.75) is 12.8 Å². The van der Waals surface area contributed by atoms with E-state index in [-0.39, 0.29) is 11.5 Å². The molecule has 0 spiro atoms. The van der Waals surface area contributed by atoms with Crippen molar-refractivity contribution < 1.29 is 14.5 Å². The number of aldehydes is 1. The summed E-state index contributed by atoms with van der Waals surface area (Å²) in [6.45, 7) is 1.31. The Bertz CT molecular complexity index is 396. The number of nitro groups is 1. The van der Waals surface area contributed by atoms with Crippen molar-refractivity contribution >= 4 is 17.8 Å². The van der Waals surface area contributed by atoms with Gasteiger partial charge in [-0.3, -0.25) is 14.9 Å². The van der Waals surface area contributed by atoms with Gasteiger partial charge in [-0.2, -0.15) is 0 Å². The van der Waals surface area contributed by atoms with E-state index in [2.05, 4.69) is 0 Å². The zero-order valence-corrected chi connectivity index (χ0v) is 8.04. The molecule has 0 amide bonds. The molecule has 0 saturated carbocycles. The van der Waals surface area contributed by atoms with Gasteiger partial charge >= 0.3 is 0 Å². The standard InChI is InChI=1S/C10H9NO4/c1-7(13)10(6-12)8-2-4-9(5-3-8)11(14)15/h2-6,10H,1H3. The summed E-state index contributed by atoms with van der Waals surface area (Å²) >= 11 is 0. The van der Waals surface area contributed by atoms with Gasteiger partial charge in [0.25, 0.3) is 5.69 Å². The van der Waals surface area contributed by atoms with Crippen LogP contribution < -0.4 is 0 Å². The fourth-order valence-corrected chi connectivity index (χ4v) is 1.21. The normalized spacial score (nSPS) is 11.8. The van der Waals surface area contributed by atoms with Crippen LogP contribution in [0.15, 0.2) is 24.3 Å². The number of Topliss-reactive ketones (excluding diaryl/α,β-unsaturated/α-hetero) is 1. The second-order valence-electron chi connectivity index (χ2n) is 3.07. The van der Waals surface area contributed by atoms with Crippen molar-refractivity contribution in [3.63, 3.8) is 0 Å². The second-order valence-corrected chi connectivity index (χ2v) is 3.07. The summed E-state index contributed by atoms with van der Waals surface area (Å²) in [6.07, 6.45) is 0.531. The number of ketones is 1. The largest absolute Gasteiger partial charge is 0.302 e. The van der Waals surface area contributed by atoms with Gasteiger partial charge in [-0.05, 0) is 12.5 Å². The third kappa shape index (κ3) is 2.46. The van der Waals surface area contributed by atoms with E-state index in [0.717, 1.165) is 0 Å². The number of benzene rings is 1. The number of hydrogen-bond donors (Lipinski definition) is 0. The molecule has 0 radical (unpaired) electrons. The molecule has 1 rings (SSSR count). The molecular formula is C10H9NO4. The summed E-state index contributed by atoms with van der Waals surface area (Å²) in [5, 5.41) is 10.4. The molecule has 5 nitrogen and oxygen atoms in total. The maximum Gasteiger partial charge on any atom is 0.269 e. The average molecular weight is 207 g/mol. The minimum absolute atomic E-state index is 0.0630. The SMILES string of the molecule is CC(=O)C(C=O)c1ccc([N+](=O)[O-])cc1. The lowest BCUT2D eigenvalue weighted by molar-refractivity contribution is -0.384. The first-order chi connectivity index (χ1) is 7.06. The van der Waals surface area contributed by atoms with E-state index >= 15 is 0 Å². The van der Waals surface area contributed by atoms with Gasteiger partial charge < -0.3 is 4.79 Å². The summed E-state index contributed by atoms with van der Waals surface area (Å²) in [7, 11) is 0. The number of nitro benzene ring substituents is 1. The highest BCUT2D eigenvalue weighted by Crippen LogP contribution is 2.18. The molecule has 0 saturated heterocycles. The lowest BCUT2D eigenvalue weighted by Crippen LogP contribution is -2.09. The van der Waals surface area contributed by atoms with E-state index in [4.69, 9.17) is 0 Å². The fourth-order valence-electron chi connectivity index (χ4n) is 1.21. The summed E-state index contributed by atoms with van der Waals surface area (Å²) in [5.74, 6) is -1.11. The van der Waals surface area contributed by atoms with Crippen LogP contribution in [0.3, 0.4) is 0 Å². The Morgan fingerprint density at radius 3 is 2.27 bits per heavy atom. The molecule has 0 aliphatic carbocycles. The summed E-state index contributed by atoms with van der Waals surface area (Å²) in [5.41, 5.74) is 0.412. The van der Waals surface area contributed by atoms with Gasteiger partial charge in [0.05, 0.1) is 10.8 Å². The lowest BCUT2D eigenvalue weighted by atomic mass is 9.97. The van der Waals surface area contributed by atoms with Crippen molar-refractivity contribution in [3.8, 4) is 0 Å². The molecule has 1 atom stereocenters. The molecule has 0 fully saturated rings. The average Bonchev–Trinajstić information content (AvgIpc) is 2.19. The van der Waals surface area contributed by atoms with Gasteiger partial charge in [-0.25, -0.2) is 0 Å². The minimum Gasteiger partial charge on any atom is -0.302 e. The molecule has 0 heterocycles. The molecule has 1 aromatic rings. The Hall–Kier alpha value is -2.04. The van der Waals surface area contributed by atoms with Gasteiger partial charge in [-0.15, -0.1) is 0 Å². The first kappa shape index (κ1) is 11.0. The van der Waals surface area contributed by atoms with Crippen LogP contribution in [-0.2, 0) is 9.59 Å². The summed E-state index contributed by atoms with van der Waals surface area (Å²) < 4.78 is 0. The third-order valence-corrected chi connectivity index (χ3v) is 2.04.